The maximum Gasteiger partial charge on any atom is 0.328 e. The zero-order chi connectivity index (χ0) is 22.5. The van der Waals surface area contributed by atoms with E-state index in [-0.39, 0.29) is 0 Å². The van der Waals surface area contributed by atoms with E-state index in [1.807, 2.05) is 24.3 Å². The highest BCUT2D eigenvalue weighted by atomic mass is 16.4. The van der Waals surface area contributed by atoms with Crippen molar-refractivity contribution < 1.29 is 9.90 Å². The van der Waals surface area contributed by atoms with Crippen molar-refractivity contribution in [1.82, 2.24) is 0 Å². The summed E-state index contributed by atoms with van der Waals surface area (Å²) in [5.74, 6) is -0.955. The summed E-state index contributed by atoms with van der Waals surface area (Å²) in [5, 5.41) is 8.86. The summed E-state index contributed by atoms with van der Waals surface area (Å²) in [7, 11) is 0. The monoisotopic (exact) mass is 419 g/mol. The molecule has 0 spiro atoms. The summed E-state index contributed by atoms with van der Waals surface area (Å²) in [6.07, 6.45) is 2.75. The van der Waals surface area contributed by atoms with Crippen molar-refractivity contribution in [1.29, 1.82) is 0 Å². The quantitative estimate of drug-likeness (QED) is 0.328. The van der Waals surface area contributed by atoms with Gasteiger partial charge in [-0.2, -0.15) is 0 Å². The van der Waals surface area contributed by atoms with Gasteiger partial charge in [-0.15, -0.1) is 0 Å². The SMILES string of the molecule is Cc1ccc(-c2ccc(N(c3ccc(C)cc3)c3ccc(/C=C/C(=O)O)cc3)cc2)cc1. The number of carboxylic acids is 1. The molecule has 32 heavy (non-hydrogen) atoms. The van der Waals surface area contributed by atoms with Crippen LogP contribution in [0.5, 0.6) is 0 Å². The van der Waals surface area contributed by atoms with Gasteiger partial charge in [-0.25, -0.2) is 4.79 Å². The van der Waals surface area contributed by atoms with Gasteiger partial charge in [0.15, 0.2) is 0 Å². The lowest BCUT2D eigenvalue weighted by molar-refractivity contribution is -0.131. The van der Waals surface area contributed by atoms with Gasteiger partial charge in [0.1, 0.15) is 0 Å². The zero-order valence-corrected chi connectivity index (χ0v) is 18.2. The molecule has 0 atom stereocenters. The van der Waals surface area contributed by atoms with Gasteiger partial charge in [-0.05, 0) is 73.0 Å². The molecule has 158 valence electrons. The number of rotatable bonds is 6. The molecule has 0 aliphatic heterocycles. The van der Waals surface area contributed by atoms with Crippen molar-refractivity contribution in [2.75, 3.05) is 4.90 Å². The summed E-state index contributed by atoms with van der Waals surface area (Å²) < 4.78 is 0. The van der Waals surface area contributed by atoms with Crippen molar-refractivity contribution in [2.24, 2.45) is 0 Å². The van der Waals surface area contributed by atoms with Crippen molar-refractivity contribution in [3.05, 3.63) is 120 Å². The van der Waals surface area contributed by atoms with Crippen LogP contribution in [0.1, 0.15) is 16.7 Å². The topological polar surface area (TPSA) is 40.5 Å². The maximum absolute atomic E-state index is 10.8. The van der Waals surface area contributed by atoms with E-state index in [0.29, 0.717) is 0 Å². The third-order valence-electron chi connectivity index (χ3n) is 5.37. The first kappa shape index (κ1) is 21.1. The standard InChI is InChI=1S/C29H25NO2/c1-21-3-10-24(11-4-21)25-12-18-28(19-13-25)30(26-14-5-22(2)6-15-26)27-16-7-23(8-17-27)9-20-29(31)32/h3-20H,1-2H3,(H,31,32)/b20-9+. The molecule has 0 aliphatic rings. The van der Waals surface area contributed by atoms with E-state index in [1.165, 1.54) is 22.3 Å². The van der Waals surface area contributed by atoms with Gasteiger partial charge in [-0.3, -0.25) is 0 Å². The minimum absolute atomic E-state index is 0.842. The number of anilines is 3. The van der Waals surface area contributed by atoms with Gasteiger partial charge >= 0.3 is 5.97 Å². The third-order valence-corrected chi connectivity index (χ3v) is 5.37. The Labute approximate surface area is 188 Å². The van der Waals surface area contributed by atoms with Crippen molar-refractivity contribution >= 4 is 29.1 Å². The predicted octanol–water partition coefficient (Wildman–Crippen LogP) is 7.54. The van der Waals surface area contributed by atoms with Gasteiger partial charge in [0.05, 0.1) is 0 Å². The molecule has 0 unspecified atom stereocenters. The first-order chi connectivity index (χ1) is 15.5. The van der Waals surface area contributed by atoms with Crippen LogP contribution < -0.4 is 4.90 Å². The Balaban J connectivity index is 1.70. The second-order valence-electron chi connectivity index (χ2n) is 7.85. The van der Waals surface area contributed by atoms with Gasteiger partial charge in [0.25, 0.3) is 0 Å². The fourth-order valence-electron chi connectivity index (χ4n) is 3.59. The Hall–Kier alpha value is -4.11. The van der Waals surface area contributed by atoms with E-state index >= 15 is 0 Å². The lowest BCUT2D eigenvalue weighted by atomic mass is 10.0. The second kappa shape index (κ2) is 9.36. The molecule has 0 amide bonds. The average molecular weight is 420 g/mol. The van der Waals surface area contributed by atoms with Crippen molar-refractivity contribution in [3.8, 4) is 11.1 Å². The molecule has 0 radical (unpaired) electrons. The van der Waals surface area contributed by atoms with Crippen LogP contribution in [0.2, 0.25) is 0 Å². The molecule has 0 saturated carbocycles. The van der Waals surface area contributed by atoms with E-state index in [4.69, 9.17) is 5.11 Å². The summed E-state index contributed by atoms with van der Waals surface area (Å²) >= 11 is 0. The van der Waals surface area contributed by atoms with Crippen molar-refractivity contribution in [3.63, 3.8) is 0 Å². The number of hydrogen-bond donors (Lipinski definition) is 1. The van der Waals surface area contributed by atoms with Crippen LogP contribution in [0, 0.1) is 13.8 Å². The molecule has 3 heteroatoms. The molecule has 0 aromatic heterocycles. The van der Waals surface area contributed by atoms with Gasteiger partial charge in [0.2, 0.25) is 0 Å². The predicted molar refractivity (Wildman–Crippen MR) is 133 cm³/mol. The number of benzene rings is 4. The first-order valence-corrected chi connectivity index (χ1v) is 10.5. The van der Waals surface area contributed by atoms with E-state index in [9.17, 15) is 4.79 Å². The summed E-state index contributed by atoms with van der Waals surface area (Å²) in [6.45, 7) is 4.17. The fourth-order valence-corrected chi connectivity index (χ4v) is 3.59. The Morgan fingerprint density at radius 3 is 1.47 bits per heavy atom. The Morgan fingerprint density at radius 1 is 0.625 bits per heavy atom. The normalized spacial score (nSPS) is 10.9. The highest BCUT2D eigenvalue weighted by Gasteiger charge is 2.12. The van der Waals surface area contributed by atoms with Crippen LogP contribution in [0.15, 0.2) is 103 Å². The van der Waals surface area contributed by atoms with E-state index in [2.05, 4.69) is 91.5 Å². The molecule has 4 aromatic carbocycles. The van der Waals surface area contributed by atoms with Crippen LogP contribution in [0.4, 0.5) is 17.1 Å². The molecule has 0 fully saturated rings. The van der Waals surface area contributed by atoms with Crippen LogP contribution in [-0.2, 0) is 4.79 Å². The summed E-state index contributed by atoms with van der Waals surface area (Å²) in [6, 6.07) is 33.4. The van der Waals surface area contributed by atoms with Gasteiger partial charge in [0, 0.05) is 23.1 Å². The zero-order valence-electron chi connectivity index (χ0n) is 18.2. The lowest BCUT2D eigenvalue weighted by Crippen LogP contribution is -2.09. The number of hydrogen-bond acceptors (Lipinski definition) is 2. The first-order valence-electron chi connectivity index (χ1n) is 10.5. The largest absolute Gasteiger partial charge is 0.478 e. The minimum atomic E-state index is -0.955. The van der Waals surface area contributed by atoms with Crippen LogP contribution in [-0.4, -0.2) is 11.1 Å². The molecular weight excluding hydrogens is 394 g/mol. The molecular formula is C29H25NO2. The van der Waals surface area contributed by atoms with Crippen LogP contribution >= 0.6 is 0 Å². The van der Waals surface area contributed by atoms with Gasteiger partial charge in [-0.1, -0.05) is 71.8 Å². The van der Waals surface area contributed by atoms with E-state index < -0.39 is 5.97 Å². The van der Waals surface area contributed by atoms with E-state index in [0.717, 1.165) is 28.7 Å². The van der Waals surface area contributed by atoms with Gasteiger partial charge < -0.3 is 10.0 Å². The number of carboxylic acid groups (broad SMARTS) is 1. The van der Waals surface area contributed by atoms with Crippen molar-refractivity contribution in [2.45, 2.75) is 13.8 Å². The van der Waals surface area contributed by atoms with Crippen LogP contribution in [0.3, 0.4) is 0 Å². The number of nitrogens with zero attached hydrogens (tertiary/aromatic N) is 1. The van der Waals surface area contributed by atoms with E-state index in [1.54, 1.807) is 6.08 Å². The minimum Gasteiger partial charge on any atom is -0.478 e. The molecule has 4 aromatic rings. The second-order valence-corrected chi connectivity index (χ2v) is 7.85. The smallest absolute Gasteiger partial charge is 0.328 e. The molecule has 0 bridgehead atoms. The number of aliphatic carboxylic acids is 1. The number of carbonyl (C=O) groups is 1. The fraction of sp³-hybridized carbons (Fsp3) is 0.0690. The maximum atomic E-state index is 10.8. The molecule has 4 rings (SSSR count). The molecule has 0 heterocycles. The Morgan fingerprint density at radius 2 is 1.00 bits per heavy atom. The summed E-state index contributed by atoms with van der Waals surface area (Å²) in [4.78, 5) is 13.0. The highest BCUT2D eigenvalue weighted by molar-refractivity contribution is 5.85. The average Bonchev–Trinajstić information content (AvgIpc) is 2.81. The lowest BCUT2D eigenvalue weighted by Gasteiger charge is -2.26. The number of aryl methyl sites for hydroxylation is 2. The summed E-state index contributed by atoms with van der Waals surface area (Å²) in [5.41, 5.74) is 8.78. The highest BCUT2D eigenvalue weighted by Crippen LogP contribution is 2.36. The Bertz CT molecular complexity index is 1220. The molecule has 0 aliphatic carbocycles. The molecule has 0 saturated heterocycles. The molecule has 3 nitrogen and oxygen atoms in total. The van der Waals surface area contributed by atoms with Crippen LogP contribution in [0.25, 0.3) is 17.2 Å². The third kappa shape index (κ3) is 4.96. The molecule has 1 N–H and O–H groups in total. The Kier molecular flexibility index (Phi) is 6.18.